The fraction of sp³-hybridized carbons (Fsp3) is 0.467. The number of ether oxygens (including phenoxy) is 3. The second-order valence-corrected chi connectivity index (χ2v) is 5.84. The van der Waals surface area contributed by atoms with E-state index in [2.05, 4.69) is 12.6 Å². The summed E-state index contributed by atoms with van der Waals surface area (Å²) in [6, 6.07) is 8.16. The summed E-state index contributed by atoms with van der Waals surface area (Å²) in [5.74, 6) is -1.94. The summed E-state index contributed by atoms with van der Waals surface area (Å²) in [6.45, 7) is -0.521. The number of carbonyl (C=O) groups is 2. The maximum atomic E-state index is 12.2. The molecule has 0 amide bonds. The van der Waals surface area contributed by atoms with Crippen molar-refractivity contribution in [3.05, 3.63) is 35.9 Å². The number of aliphatic hydroxyl groups excluding tert-OH is 2. The van der Waals surface area contributed by atoms with E-state index in [1.165, 1.54) is 0 Å². The van der Waals surface area contributed by atoms with Gasteiger partial charge in [-0.3, -0.25) is 4.79 Å². The zero-order valence-electron chi connectivity index (χ0n) is 12.4. The Morgan fingerprint density at radius 1 is 1.21 bits per heavy atom. The first kappa shape index (κ1) is 19.0. The molecule has 0 bridgehead atoms. The summed E-state index contributed by atoms with van der Waals surface area (Å²) in [5.41, 5.74) is -0.731. The van der Waals surface area contributed by atoms with Crippen molar-refractivity contribution in [2.24, 2.45) is 0 Å². The first-order valence-electron chi connectivity index (χ1n) is 7.12. The predicted octanol–water partition coefficient (Wildman–Crippen LogP) is 0.370. The van der Waals surface area contributed by atoms with Crippen molar-refractivity contribution in [1.29, 1.82) is 0 Å². The van der Waals surface area contributed by atoms with Gasteiger partial charge in [0.05, 0.1) is 12.2 Å². The lowest BCUT2D eigenvalue weighted by Gasteiger charge is -2.41. The molecule has 0 radical (unpaired) electrons. The maximum absolute atomic E-state index is 12.2. The number of thiol groups is 1. The molecule has 0 unspecified atom stereocenters. The van der Waals surface area contributed by atoms with E-state index in [0.29, 0.717) is 0 Å². The van der Waals surface area contributed by atoms with Crippen molar-refractivity contribution in [3.8, 4) is 0 Å². The van der Waals surface area contributed by atoms with E-state index < -0.39 is 54.3 Å². The molecule has 1 aliphatic heterocycles. The summed E-state index contributed by atoms with van der Waals surface area (Å²) < 4.78 is 15.7. The molecular weight excluding hydrogens is 360 g/mol. The Hall–Kier alpha value is -1.32. The van der Waals surface area contributed by atoms with Gasteiger partial charge in [0.1, 0.15) is 23.5 Å². The molecule has 2 rings (SSSR count). The van der Waals surface area contributed by atoms with Crippen molar-refractivity contribution in [2.45, 2.75) is 29.9 Å². The average molecular weight is 377 g/mol. The van der Waals surface area contributed by atoms with E-state index >= 15 is 0 Å². The molecule has 0 aromatic heterocycles. The van der Waals surface area contributed by atoms with E-state index in [1.54, 1.807) is 30.3 Å². The molecule has 1 heterocycles. The quantitative estimate of drug-likeness (QED) is 0.387. The molecule has 1 aromatic carbocycles. The van der Waals surface area contributed by atoms with Gasteiger partial charge < -0.3 is 24.4 Å². The van der Waals surface area contributed by atoms with Gasteiger partial charge >= 0.3 is 11.9 Å². The van der Waals surface area contributed by atoms with Gasteiger partial charge in [-0.15, -0.1) is 24.2 Å². The van der Waals surface area contributed by atoms with Gasteiger partial charge in [-0.1, -0.05) is 18.2 Å². The smallest absolute Gasteiger partial charge is 0.338 e. The van der Waals surface area contributed by atoms with Gasteiger partial charge in [0.15, 0.2) is 12.2 Å². The van der Waals surface area contributed by atoms with Gasteiger partial charge in [-0.05, 0) is 12.1 Å². The molecule has 0 spiro atoms. The monoisotopic (exact) mass is 376 g/mol. The largest absolute Gasteiger partial charge is 0.454 e. The first-order chi connectivity index (χ1) is 11.5. The topological polar surface area (TPSA) is 102 Å². The Morgan fingerprint density at radius 2 is 1.88 bits per heavy atom. The number of hydrogen-bond acceptors (Lipinski definition) is 8. The van der Waals surface area contributed by atoms with E-state index in [9.17, 15) is 19.8 Å². The van der Waals surface area contributed by atoms with Crippen LogP contribution in [0.1, 0.15) is 10.4 Å². The highest BCUT2D eigenvalue weighted by molar-refractivity contribution is 7.80. The molecule has 1 saturated heterocycles. The van der Waals surface area contributed by atoms with Crippen molar-refractivity contribution in [1.82, 2.24) is 0 Å². The molecule has 132 valence electrons. The number of carbonyl (C=O) groups excluding carboxylic acids is 2. The van der Waals surface area contributed by atoms with Crippen molar-refractivity contribution < 1.29 is 34.0 Å². The van der Waals surface area contributed by atoms with Crippen LogP contribution in [0, 0.1) is 0 Å². The van der Waals surface area contributed by atoms with E-state index in [1.807, 2.05) is 0 Å². The third kappa shape index (κ3) is 4.40. The van der Waals surface area contributed by atoms with Crippen LogP contribution in [0.3, 0.4) is 0 Å². The number of aliphatic hydroxyl groups is 2. The molecule has 24 heavy (non-hydrogen) atoms. The standard InChI is InChI=1S/C15H17ClO7S/c16-6-10(18)22-12-11(19)9(7-17)21-15(24)13(12)23-14(20)8-4-2-1-3-5-8/h1-5,9,11-13,15,17,19,24H,6-7H2/t9-,11+,12+,13-,15-/m1/s1. The zero-order chi connectivity index (χ0) is 17.7. The number of benzene rings is 1. The van der Waals surface area contributed by atoms with Crippen LogP contribution in [-0.2, 0) is 19.0 Å². The number of halogens is 1. The van der Waals surface area contributed by atoms with Crippen LogP contribution >= 0.6 is 24.2 Å². The van der Waals surface area contributed by atoms with Crippen LogP contribution in [0.4, 0.5) is 0 Å². The van der Waals surface area contributed by atoms with Crippen molar-refractivity contribution in [3.63, 3.8) is 0 Å². The van der Waals surface area contributed by atoms with Crippen LogP contribution < -0.4 is 0 Å². The Bertz CT molecular complexity index is 570. The lowest BCUT2D eigenvalue weighted by molar-refractivity contribution is -0.219. The molecule has 0 saturated carbocycles. The third-order valence-electron chi connectivity index (χ3n) is 3.45. The normalized spacial score (nSPS) is 29.8. The Labute approximate surface area is 148 Å². The number of rotatable bonds is 5. The lowest BCUT2D eigenvalue weighted by Crippen LogP contribution is -2.59. The van der Waals surface area contributed by atoms with Crippen LogP contribution in [0.15, 0.2) is 30.3 Å². The Kier molecular flexibility index (Phi) is 6.88. The first-order valence-corrected chi connectivity index (χ1v) is 8.17. The third-order valence-corrected chi connectivity index (χ3v) is 4.08. The minimum atomic E-state index is -1.40. The van der Waals surface area contributed by atoms with Crippen molar-refractivity contribution in [2.75, 3.05) is 12.5 Å². The SMILES string of the molecule is O=C(CCl)O[C@H]1[C@@H](O)[C@@H](CO)O[C@H](S)[C@@H]1OC(=O)c1ccccc1. The number of hydrogen-bond donors (Lipinski definition) is 3. The van der Waals surface area contributed by atoms with Crippen LogP contribution in [0.25, 0.3) is 0 Å². The summed E-state index contributed by atoms with van der Waals surface area (Å²) in [7, 11) is 0. The van der Waals surface area contributed by atoms with Gasteiger partial charge in [-0.2, -0.15) is 0 Å². The molecule has 7 nitrogen and oxygen atoms in total. The Morgan fingerprint density at radius 3 is 2.46 bits per heavy atom. The predicted molar refractivity (Wildman–Crippen MR) is 87.0 cm³/mol. The highest BCUT2D eigenvalue weighted by atomic mass is 35.5. The minimum absolute atomic E-state index is 0.277. The highest BCUT2D eigenvalue weighted by Gasteiger charge is 2.48. The molecule has 0 aliphatic carbocycles. The van der Waals surface area contributed by atoms with Gasteiger partial charge in [0, 0.05) is 0 Å². The second-order valence-electron chi connectivity index (χ2n) is 5.06. The number of esters is 2. The van der Waals surface area contributed by atoms with Crippen molar-refractivity contribution >= 4 is 36.2 Å². The fourth-order valence-corrected chi connectivity index (χ4v) is 2.72. The summed E-state index contributed by atoms with van der Waals surface area (Å²) in [4.78, 5) is 23.7. The van der Waals surface area contributed by atoms with Crippen LogP contribution in [-0.4, -0.2) is 64.5 Å². The second kappa shape index (κ2) is 8.68. The molecular formula is C15H17ClO7S. The summed E-state index contributed by atoms with van der Waals surface area (Å²) in [6.07, 6.45) is -4.88. The molecule has 2 N–H and O–H groups in total. The molecule has 5 atom stereocenters. The van der Waals surface area contributed by atoms with Gasteiger partial charge in [-0.25, -0.2) is 4.79 Å². The van der Waals surface area contributed by atoms with Crippen LogP contribution in [0.5, 0.6) is 0 Å². The molecule has 1 aromatic rings. The van der Waals surface area contributed by atoms with E-state index in [4.69, 9.17) is 25.8 Å². The average Bonchev–Trinajstić information content (AvgIpc) is 2.61. The number of alkyl halides is 1. The zero-order valence-corrected chi connectivity index (χ0v) is 14.1. The summed E-state index contributed by atoms with van der Waals surface area (Å²) >= 11 is 9.57. The minimum Gasteiger partial charge on any atom is -0.454 e. The molecule has 1 fully saturated rings. The molecule has 1 aliphatic rings. The maximum Gasteiger partial charge on any atom is 0.338 e. The summed E-state index contributed by atoms with van der Waals surface area (Å²) in [5, 5.41) is 19.5. The van der Waals surface area contributed by atoms with Gasteiger partial charge in [0.25, 0.3) is 0 Å². The Balaban J connectivity index is 2.19. The van der Waals surface area contributed by atoms with E-state index in [0.717, 1.165) is 0 Å². The van der Waals surface area contributed by atoms with Crippen LogP contribution in [0.2, 0.25) is 0 Å². The fourth-order valence-electron chi connectivity index (χ4n) is 2.27. The van der Waals surface area contributed by atoms with Gasteiger partial charge in [0.2, 0.25) is 0 Å². The van der Waals surface area contributed by atoms with E-state index in [-0.39, 0.29) is 5.56 Å². The lowest BCUT2D eigenvalue weighted by atomic mass is 9.99. The highest BCUT2D eigenvalue weighted by Crippen LogP contribution is 2.28. The molecule has 9 heteroatoms.